The first-order valence-electron chi connectivity index (χ1n) is 13.5. The number of primary amides is 1. The number of aliphatic hydroxyl groups is 3. The highest BCUT2D eigenvalue weighted by atomic mass is 16.3. The Hall–Kier alpha value is -3.81. The van der Waals surface area contributed by atoms with Crippen molar-refractivity contribution in [3.05, 3.63) is 39.7 Å². The van der Waals surface area contributed by atoms with Crippen LogP contribution >= 0.6 is 0 Å². The molecule has 10 nitrogen and oxygen atoms in total. The molecule has 2 saturated carbocycles. The van der Waals surface area contributed by atoms with Crippen molar-refractivity contribution in [2.75, 3.05) is 33.1 Å². The minimum absolute atomic E-state index is 0.0443. The van der Waals surface area contributed by atoms with E-state index in [1.807, 2.05) is 19.0 Å². The molecule has 0 saturated heterocycles. The number of phenols is 1. The number of phenolic OH excluding ortho intramolecular Hbond substituents is 1. The Morgan fingerprint density at radius 1 is 1.10 bits per heavy atom. The zero-order valence-corrected chi connectivity index (χ0v) is 23.1. The Balaban J connectivity index is 1.71. The number of amides is 1. The molecule has 4 aliphatic rings. The number of hydrogen-bond acceptors (Lipinski definition) is 9. The molecular formula is C30H35N3O7. The van der Waals surface area contributed by atoms with Gasteiger partial charge in [0.15, 0.2) is 11.4 Å². The van der Waals surface area contributed by atoms with Crippen molar-refractivity contribution in [2.24, 2.45) is 23.5 Å². The molecule has 2 fully saturated rings. The highest BCUT2D eigenvalue weighted by Gasteiger charge is 2.64. The lowest BCUT2D eigenvalue weighted by molar-refractivity contribution is -0.153. The number of Topliss-reactive ketones (excluding diaryl/α,β-unsaturated/α-hetero) is 2. The van der Waals surface area contributed by atoms with E-state index in [4.69, 9.17) is 5.73 Å². The van der Waals surface area contributed by atoms with Gasteiger partial charge in [0.05, 0.1) is 17.2 Å². The highest BCUT2D eigenvalue weighted by Crippen LogP contribution is 2.54. The molecule has 6 N–H and O–H groups in total. The molecule has 0 heterocycles. The average Bonchev–Trinajstić information content (AvgIpc) is 3.39. The van der Waals surface area contributed by atoms with Gasteiger partial charge in [-0.05, 0) is 57.3 Å². The molecule has 5 rings (SSSR count). The van der Waals surface area contributed by atoms with Crippen LogP contribution in [0.3, 0.4) is 0 Å². The number of fused-ring (bicyclic) bond motifs is 3. The topological polar surface area (TPSA) is 165 Å². The standard InChI is InChI=1S/C30H35N3O7/c1-32(2)19-13-15(10-9-14-7-5-6-8-14)24(34)21-17(19)11-16-12-18-23(33(3)4)26(36)22(29(31)39)28(38)30(18,40)27(37)20(16)25(21)35/h13-14,16,18,23,34-35,38,40H,5-8,11-12H2,1-4H3,(H2,31,39). The van der Waals surface area contributed by atoms with E-state index in [0.717, 1.165) is 25.7 Å². The molecule has 1 aromatic rings. The van der Waals surface area contributed by atoms with Gasteiger partial charge in [-0.1, -0.05) is 24.7 Å². The number of aliphatic hydroxyl groups excluding tert-OH is 2. The van der Waals surface area contributed by atoms with Gasteiger partial charge >= 0.3 is 0 Å². The first kappa shape index (κ1) is 27.7. The molecule has 1 amide bonds. The summed E-state index contributed by atoms with van der Waals surface area (Å²) in [5.41, 5.74) is 3.41. The lowest BCUT2D eigenvalue weighted by Crippen LogP contribution is -2.65. The van der Waals surface area contributed by atoms with E-state index < -0.39 is 58.0 Å². The van der Waals surface area contributed by atoms with Crippen LogP contribution in [0.4, 0.5) is 5.69 Å². The molecule has 0 aliphatic heterocycles. The molecule has 10 heteroatoms. The zero-order chi connectivity index (χ0) is 29.3. The van der Waals surface area contributed by atoms with Crippen molar-refractivity contribution < 1.29 is 34.8 Å². The first-order chi connectivity index (χ1) is 18.8. The van der Waals surface area contributed by atoms with Gasteiger partial charge in [0.1, 0.15) is 22.8 Å². The number of ketones is 2. The van der Waals surface area contributed by atoms with E-state index in [9.17, 15) is 34.8 Å². The van der Waals surface area contributed by atoms with Crippen LogP contribution in [0.2, 0.25) is 0 Å². The largest absolute Gasteiger partial charge is 0.508 e. The summed E-state index contributed by atoms with van der Waals surface area (Å²) in [5.74, 6) is -0.159. The third kappa shape index (κ3) is 3.91. The van der Waals surface area contributed by atoms with Gasteiger partial charge in [-0.3, -0.25) is 19.3 Å². The van der Waals surface area contributed by atoms with E-state index >= 15 is 0 Å². The van der Waals surface area contributed by atoms with E-state index in [-0.39, 0.29) is 35.6 Å². The second-order valence-corrected chi connectivity index (χ2v) is 11.8. The maximum Gasteiger partial charge on any atom is 0.255 e. The molecule has 40 heavy (non-hydrogen) atoms. The van der Waals surface area contributed by atoms with Gasteiger partial charge < -0.3 is 31.1 Å². The Morgan fingerprint density at radius 2 is 1.75 bits per heavy atom. The number of hydrogen-bond donors (Lipinski definition) is 5. The second kappa shape index (κ2) is 9.68. The number of nitrogens with zero attached hydrogens (tertiary/aromatic N) is 2. The Kier molecular flexibility index (Phi) is 6.71. The SMILES string of the molecule is CN(C)c1cc(C#CC2CCCC2)c(O)c2c1CC1CC3C(N(C)C)C(=O)C(C(N)=O)=C(O)C3(O)C(=O)C1=C2O. The van der Waals surface area contributed by atoms with E-state index in [1.54, 1.807) is 20.2 Å². The molecule has 0 spiro atoms. The minimum Gasteiger partial charge on any atom is -0.508 e. The summed E-state index contributed by atoms with van der Waals surface area (Å²) in [7, 11) is 6.81. The van der Waals surface area contributed by atoms with E-state index in [1.165, 1.54) is 4.90 Å². The monoisotopic (exact) mass is 549 g/mol. The quantitative estimate of drug-likeness (QED) is 0.278. The van der Waals surface area contributed by atoms with Crippen LogP contribution in [0.1, 0.15) is 48.8 Å². The average molecular weight is 550 g/mol. The summed E-state index contributed by atoms with van der Waals surface area (Å²) in [6.07, 6.45) is 4.47. The summed E-state index contributed by atoms with van der Waals surface area (Å²) in [6, 6.07) is 0.656. The number of likely N-dealkylation sites (N-methyl/N-ethyl adjacent to an activating group) is 1. The van der Waals surface area contributed by atoms with Crippen molar-refractivity contribution >= 4 is 28.9 Å². The van der Waals surface area contributed by atoms with Gasteiger partial charge in [-0.15, -0.1) is 0 Å². The fourth-order valence-corrected chi connectivity index (χ4v) is 7.04. The van der Waals surface area contributed by atoms with Crippen LogP contribution in [0.25, 0.3) is 5.76 Å². The Labute approximate surface area is 232 Å². The third-order valence-corrected chi connectivity index (χ3v) is 8.95. The normalized spacial score (nSPS) is 28.2. The van der Waals surface area contributed by atoms with Gasteiger partial charge in [0, 0.05) is 37.2 Å². The highest BCUT2D eigenvalue weighted by molar-refractivity contribution is 6.24. The smallest absolute Gasteiger partial charge is 0.255 e. The van der Waals surface area contributed by atoms with Gasteiger partial charge in [0.2, 0.25) is 5.78 Å². The number of nitrogens with two attached hydrogens (primary N) is 1. The third-order valence-electron chi connectivity index (χ3n) is 8.95. The van der Waals surface area contributed by atoms with Crippen LogP contribution in [0.5, 0.6) is 5.75 Å². The lowest BCUT2D eigenvalue weighted by Gasteiger charge is -2.50. The summed E-state index contributed by atoms with van der Waals surface area (Å²) in [6.45, 7) is 0. The number of rotatable bonds is 3. The minimum atomic E-state index is -2.66. The van der Waals surface area contributed by atoms with Crippen molar-refractivity contribution in [2.45, 2.75) is 50.2 Å². The molecule has 1 aromatic carbocycles. The first-order valence-corrected chi connectivity index (χ1v) is 13.5. The fourth-order valence-electron chi connectivity index (χ4n) is 7.04. The van der Waals surface area contributed by atoms with Gasteiger partial charge in [-0.25, -0.2) is 0 Å². The molecular weight excluding hydrogens is 514 g/mol. The maximum absolute atomic E-state index is 14.0. The number of anilines is 1. The molecule has 4 aliphatic carbocycles. The molecule has 0 radical (unpaired) electrons. The molecule has 212 valence electrons. The number of aromatic hydroxyl groups is 1. The van der Waals surface area contributed by atoms with Crippen molar-refractivity contribution in [1.82, 2.24) is 4.90 Å². The van der Waals surface area contributed by atoms with Gasteiger partial charge in [-0.2, -0.15) is 0 Å². The predicted molar refractivity (Wildman–Crippen MR) is 147 cm³/mol. The zero-order valence-electron chi connectivity index (χ0n) is 23.1. The van der Waals surface area contributed by atoms with E-state index in [0.29, 0.717) is 16.8 Å². The van der Waals surface area contributed by atoms with Crippen LogP contribution in [0.15, 0.2) is 23.0 Å². The van der Waals surface area contributed by atoms with Crippen LogP contribution in [0, 0.1) is 29.6 Å². The van der Waals surface area contributed by atoms with Gasteiger partial charge in [0.25, 0.3) is 5.91 Å². The Morgan fingerprint density at radius 3 is 2.33 bits per heavy atom. The molecule has 4 unspecified atom stereocenters. The maximum atomic E-state index is 14.0. The molecule has 0 aromatic heterocycles. The van der Waals surface area contributed by atoms with Crippen molar-refractivity contribution in [1.29, 1.82) is 0 Å². The Bertz CT molecular complexity index is 1460. The van der Waals surface area contributed by atoms with Crippen molar-refractivity contribution in [3.8, 4) is 17.6 Å². The molecule has 0 bridgehead atoms. The lowest BCUT2D eigenvalue weighted by atomic mass is 9.57. The fraction of sp³-hybridized carbons (Fsp3) is 0.500. The van der Waals surface area contributed by atoms with Crippen LogP contribution < -0.4 is 10.6 Å². The number of carbonyl (C=O) groups is 3. The summed E-state index contributed by atoms with van der Waals surface area (Å²) in [5, 5.41) is 45.6. The summed E-state index contributed by atoms with van der Waals surface area (Å²) in [4.78, 5) is 42.7. The van der Waals surface area contributed by atoms with Crippen LogP contribution in [-0.2, 0) is 20.8 Å². The second-order valence-electron chi connectivity index (χ2n) is 11.8. The van der Waals surface area contributed by atoms with E-state index in [2.05, 4.69) is 11.8 Å². The number of carbonyl (C=O) groups excluding carboxylic acids is 3. The molecule has 4 atom stereocenters. The van der Waals surface area contributed by atoms with Crippen molar-refractivity contribution in [3.63, 3.8) is 0 Å². The van der Waals surface area contributed by atoms with Crippen LogP contribution in [-0.4, -0.2) is 82.6 Å². The summed E-state index contributed by atoms with van der Waals surface area (Å²) >= 11 is 0. The number of benzene rings is 1. The summed E-state index contributed by atoms with van der Waals surface area (Å²) < 4.78 is 0. The predicted octanol–water partition coefficient (Wildman–Crippen LogP) is 1.57.